The molecule has 27 heavy (non-hydrogen) atoms. The third kappa shape index (κ3) is 3.77. The van der Waals surface area contributed by atoms with Crippen LogP contribution in [-0.2, 0) is 0 Å². The van der Waals surface area contributed by atoms with Crippen molar-refractivity contribution >= 4 is 5.69 Å². The molecule has 0 aromatic heterocycles. The van der Waals surface area contributed by atoms with E-state index in [4.69, 9.17) is 10.5 Å². The molecule has 2 N–H and O–H groups in total. The lowest BCUT2D eigenvalue weighted by molar-refractivity contribution is -0.274. The van der Waals surface area contributed by atoms with Gasteiger partial charge in [-0.15, -0.1) is 13.2 Å². The zero-order valence-electron chi connectivity index (χ0n) is 14.5. The average molecular weight is 375 g/mol. The first-order chi connectivity index (χ1) is 12.7. The standard InChI is InChI=1S/C19H16F3N3O2/c1-25(2)12-6-7-14-16(9-12)26-18(24)15(10-23)17(14)11-4-3-5-13(8-11)27-19(20,21)22/h3-9,17H,24H2,1-2H3. The van der Waals surface area contributed by atoms with Crippen molar-refractivity contribution in [2.45, 2.75) is 12.3 Å². The Bertz CT molecular complexity index is 946. The first-order valence-corrected chi connectivity index (χ1v) is 7.94. The molecular weight excluding hydrogens is 359 g/mol. The number of fused-ring (bicyclic) bond motifs is 1. The minimum absolute atomic E-state index is 0.0759. The number of nitrogens with zero attached hydrogens (tertiary/aromatic N) is 2. The van der Waals surface area contributed by atoms with E-state index in [0.29, 0.717) is 16.9 Å². The van der Waals surface area contributed by atoms with Gasteiger partial charge in [-0.3, -0.25) is 0 Å². The Balaban J connectivity index is 2.12. The summed E-state index contributed by atoms with van der Waals surface area (Å²) < 4.78 is 47.2. The van der Waals surface area contributed by atoms with E-state index >= 15 is 0 Å². The first-order valence-electron chi connectivity index (χ1n) is 7.94. The Labute approximate surface area is 154 Å². The second kappa shape index (κ2) is 6.76. The van der Waals surface area contributed by atoms with Crippen molar-refractivity contribution in [3.05, 3.63) is 65.0 Å². The number of ether oxygens (including phenoxy) is 2. The minimum Gasteiger partial charge on any atom is -0.440 e. The predicted molar refractivity (Wildman–Crippen MR) is 93.2 cm³/mol. The van der Waals surface area contributed by atoms with Crippen LogP contribution in [-0.4, -0.2) is 20.5 Å². The van der Waals surface area contributed by atoms with Crippen molar-refractivity contribution in [1.29, 1.82) is 5.26 Å². The monoisotopic (exact) mass is 375 g/mol. The number of halogens is 3. The molecule has 5 nitrogen and oxygen atoms in total. The van der Waals surface area contributed by atoms with Crippen molar-refractivity contribution < 1.29 is 22.6 Å². The van der Waals surface area contributed by atoms with E-state index in [1.165, 1.54) is 18.2 Å². The number of rotatable bonds is 3. The summed E-state index contributed by atoms with van der Waals surface area (Å²) in [5.41, 5.74) is 7.97. The summed E-state index contributed by atoms with van der Waals surface area (Å²) in [6, 6.07) is 12.9. The van der Waals surface area contributed by atoms with Crippen LogP contribution < -0.4 is 20.1 Å². The van der Waals surface area contributed by atoms with E-state index < -0.39 is 12.3 Å². The highest BCUT2D eigenvalue weighted by molar-refractivity contribution is 5.61. The van der Waals surface area contributed by atoms with E-state index in [0.717, 1.165) is 5.69 Å². The summed E-state index contributed by atoms with van der Waals surface area (Å²) in [5.74, 6) is -0.654. The molecule has 0 amide bonds. The quantitative estimate of drug-likeness (QED) is 0.882. The third-order valence-corrected chi connectivity index (χ3v) is 4.14. The SMILES string of the molecule is CN(C)c1ccc2c(c1)OC(N)=C(C#N)C2c1cccc(OC(F)(F)F)c1. The van der Waals surface area contributed by atoms with Crippen LogP contribution in [0, 0.1) is 11.3 Å². The highest BCUT2D eigenvalue weighted by Gasteiger charge is 2.33. The summed E-state index contributed by atoms with van der Waals surface area (Å²) in [7, 11) is 3.72. The molecule has 0 saturated carbocycles. The van der Waals surface area contributed by atoms with Crippen LogP contribution in [0.1, 0.15) is 17.0 Å². The van der Waals surface area contributed by atoms with E-state index in [1.807, 2.05) is 31.1 Å². The van der Waals surface area contributed by atoms with E-state index in [9.17, 15) is 18.4 Å². The maximum atomic E-state index is 12.6. The molecular formula is C19H16F3N3O2. The van der Waals surface area contributed by atoms with Crippen LogP contribution in [0.2, 0.25) is 0 Å². The molecule has 0 radical (unpaired) electrons. The number of allylic oxidation sites excluding steroid dienone is 1. The number of alkyl halides is 3. The minimum atomic E-state index is -4.81. The molecule has 0 fully saturated rings. The fraction of sp³-hybridized carbons (Fsp3) is 0.211. The Morgan fingerprint density at radius 1 is 1.19 bits per heavy atom. The van der Waals surface area contributed by atoms with E-state index in [2.05, 4.69) is 4.74 Å². The lowest BCUT2D eigenvalue weighted by Crippen LogP contribution is -2.22. The Kier molecular flexibility index (Phi) is 4.62. The smallest absolute Gasteiger partial charge is 0.440 e. The summed E-state index contributed by atoms with van der Waals surface area (Å²) in [4.78, 5) is 1.87. The Morgan fingerprint density at radius 3 is 2.56 bits per heavy atom. The molecule has 3 rings (SSSR count). The van der Waals surface area contributed by atoms with Crippen LogP contribution in [0.15, 0.2) is 53.9 Å². The molecule has 1 aliphatic heterocycles. The van der Waals surface area contributed by atoms with Gasteiger partial charge in [0.05, 0.1) is 5.92 Å². The number of anilines is 1. The molecule has 0 spiro atoms. The largest absolute Gasteiger partial charge is 0.573 e. The average Bonchev–Trinajstić information content (AvgIpc) is 2.58. The lowest BCUT2D eigenvalue weighted by atomic mass is 9.83. The molecule has 8 heteroatoms. The van der Waals surface area contributed by atoms with Crippen LogP contribution >= 0.6 is 0 Å². The summed E-state index contributed by atoms with van der Waals surface area (Å²) in [6.07, 6.45) is -4.81. The van der Waals surface area contributed by atoms with E-state index in [-0.39, 0.29) is 17.2 Å². The summed E-state index contributed by atoms with van der Waals surface area (Å²) >= 11 is 0. The zero-order valence-corrected chi connectivity index (χ0v) is 14.5. The normalized spacial score (nSPS) is 16.2. The van der Waals surface area contributed by atoms with Gasteiger partial charge < -0.3 is 20.1 Å². The second-order valence-electron chi connectivity index (χ2n) is 6.16. The second-order valence-corrected chi connectivity index (χ2v) is 6.16. The highest BCUT2D eigenvalue weighted by Crippen LogP contribution is 2.44. The number of nitrogens with two attached hydrogens (primary N) is 1. The molecule has 1 aliphatic rings. The molecule has 1 unspecified atom stereocenters. The lowest BCUT2D eigenvalue weighted by Gasteiger charge is -2.28. The highest BCUT2D eigenvalue weighted by atomic mass is 19.4. The van der Waals surface area contributed by atoms with Crippen molar-refractivity contribution in [3.63, 3.8) is 0 Å². The maximum absolute atomic E-state index is 12.6. The van der Waals surface area contributed by atoms with Gasteiger partial charge in [0.15, 0.2) is 0 Å². The van der Waals surface area contributed by atoms with Crippen molar-refractivity contribution in [3.8, 4) is 17.6 Å². The van der Waals surface area contributed by atoms with Crippen LogP contribution in [0.4, 0.5) is 18.9 Å². The number of hydrogen-bond donors (Lipinski definition) is 1. The molecule has 140 valence electrons. The molecule has 0 bridgehead atoms. The topological polar surface area (TPSA) is 71.5 Å². The van der Waals surface area contributed by atoms with Gasteiger partial charge in [0, 0.05) is 31.4 Å². The van der Waals surface area contributed by atoms with Crippen LogP contribution in [0.5, 0.6) is 11.5 Å². The van der Waals surface area contributed by atoms with Gasteiger partial charge in [0.1, 0.15) is 23.1 Å². The zero-order chi connectivity index (χ0) is 19.8. The summed E-state index contributed by atoms with van der Waals surface area (Å²) in [6.45, 7) is 0. The van der Waals surface area contributed by atoms with Crippen molar-refractivity contribution in [2.24, 2.45) is 5.73 Å². The third-order valence-electron chi connectivity index (χ3n) is 4.14. The summed E-state index contributed by atoms with van der Waals surface area (Å²) in [5, 5.41) is 9.53. The molecule has 2 aromatic rings. The molecule has 0 aliphatic carbocycles. The fourth-order valence-corrected chi connectivity index (χ4v) is 2.96. The molecule has 1 atom stereocenters. The van der Waals surface area contributed by atoms with Crippen molar-refractivity contribution in [2.75, 3.05) is 19.0 Å². The Morgan fingerprint density at radius 2 is 1.93 bits per heavy atom. The van der Waals surface area contributed by atoms with Gasteiger partial charge in [0.2, 0.25) is 5.88 Å². The number of nitriles is 1. The number of hydrogen-bond acceptors (Lipinski definition) is 5. The molecule has 1 heterocycles. The first kappa shape index (κ1) is 18.5. The predicted octanol–water partition coefficient (Wildman–Crippen LogP) is 3.87. The van der Waals surface area contributed by atoms with Gasteiger partial charge in [-0.05, 0) is 23.8 Å². The van der Waals surface area contributed by atoms with Gasteiger partial charge in [-0.1, -0.05) is 18.2 Å². The van der Waals surface area contributed by atoms with Crippen LogP contribution in [0.3, 0.4) is 0 Å². The maximum Gasteiger partial charge on any atom is 0.573 e. The fourth-order valence-electron chi connectivity index (χ4n) is 2.96. The van der Waals surface area contributed by atoms with Crippen LogP contribution in [0.25, 0.3) is 0 Å². The number of benzene rings is 2. The van der Waals surface area contributed by atoms with Gasteiger partial charge in [0.25, 0.3) is 0 Å². The van der Waals surface area contributed by atoms with Crippen molar-refractivity contribution in [1.82, 2.24) is 0 Å². The molecule has 2 aromatic carbocycles. The van der Waals surface area contributed by atoms with Gasteiger partial charge >= 0.3 is 6.36 Å². The molecule has 0 saturated heterocycles. The Hall–Kier alpha value is -3.34. The van der Waals surface area contributed by atoms with E-state index in [1.54, 1.807) is 18.2 Å². The van der Waals surface area contributed by atoms with Gasteiger partial charge in [-0.2, -0.15) is 5.26 Å². The van der Waals surface area contributed by atoms with Gasteiger partial charge in [-0.25, -0.2) is 0 Å².